The van der Waals surface area contributed by atoms with Crippen molar-refractivity contribution in [3.63, 3.8) is 0 Å². The molecule has 6 nitrogen and oxygen atoms in total. The molecule has 2 aromatic heterocycles. The van der Waals surface area contributed by atoms with Gasteiger partial charge in [-0.05, 0) is 12.3 Å². The van der Waals surface area contributed by atoms with Crippen molar-refractivity contribution in [3.05, 3.63) is 34.2 Å². The summed E-state index contributed by atoms with van der Waals surface area (Å²) in [6.45, 7) is 0. The molecule has 0 atom stereocenters. The van der Waals surface area contributed by atoms with E-state index in [0.717, 1.165) is 4.90 Å². The van der Waals surface area contributed by atoms with Gasteiger partial charge in [-0.15, -0.1) is 22.0 Å². The van der Waals surface area contributed by atoms with Crippen molar-refractivity contribution in [1.29, 1.82) is 0 Å². The van der Waals surface area contributed by atoms with Crippen LogP contribution in [0.1, 0.15) is 10.5 Å². The van der Waals surface area contributed by atoms with Crippen LogP contribution in [0.5, 0.6) is 0 Å². The lowest BCUT2D eigenvalue weighted by molar-refractivity contribution is 0.0958. The molecular formula is C12H11Cl2N5OS. The highest BCUT2D eigenvalue weighted by Crippen LogP contribution is 2.29. The fourth-order valence-electron chi connectivity index (χ4n) is 1.55. The zero-order valence-electron chi connectivity index (χ0n) is 11.1. The molecule has 1 amide bonds. The molecule has 110 valence electrons. The molecule has 0 spiro atoms. The Balaban J connectivity index is 2.43. The molecule has 0 aliphatic rings. The molecule has 2 N–H and O–H groups in total. The zero-order chi connectivity index (χ0) is 15.4. The van der Waals surface area contributed by atoms with Crippen molar-refractivity contribution in [3.8, 4) is 0 Å². The summed E-state index contributed by atoms with van der Waals surface area (Å²) in [5.41, 5.74) is 0.546. The van der Waals surface area contributed by atoms with Gasteiger partial charge in [0, 0.05) is 19.3 Å². The highest BCUT2D eigenvalue weighted by molar-refractivity contribution is 7.98. The van der Waals surface area contributed by atoms with Crippen LogP contribution >= 0.6 is 35.0 Å². The third-order valence-corrected chi connectivity index (χ3v) is 3.64. The standard InChI is InChI=1S/C12H11Cl2N5OS/c1-15-12(20)10-7(4-9(14)18-19-10)17-11-8(21-2)3-6(13)5-16-11/h3-5H,1-2H3,(H,15,20)(H,16,17,18). The number of carbonyl (C=O) groups is 1. The number of thioether (sulfide) groups is 1. The minimum absolute atomic E-state index is 0.130. The molecule has 0 fully saturated rings. The first-order valence-corrected chi connectivity index (χ1v) is 7.75. The van der Waals surface area contributed by atoms with Gasteiger partial charge in [-0.25, -0.2) is 4.98 Å². The molecular weight excluding hydrogens is 333 g/mol. The van der Waals surface area contributed by atoms with E-state index < -0.39 is 0 Å². The SMILES string of the molecule is CNC(=O)c1nnc(Cl)cc1Nc1ncc(Cl)cc1SC. The molecule has 0 aliphatic carbocycles. The number of amides is 1. The number of rotatable bonds is 4. The molecule has 0 saturated heterocycles. The van der Waals surface area contributed by atoms with Gasteiger partial charge in [0.25, 0.3) is 5.91 Å². The first kappa shape index (κ1) is 15.8. The Morgan fingerprint density at radius 3 is 2.71 bits per heavy atom. The molecule has 9 heteroatoms. The van der Waals surface area contributed by atoms with E-state index in [-0.39, 0.29) is 16.8 Å². The maximum atomic E-state index is 11.8. The lowest BCUT2D eigenvalue weighted by Crippen LogP contribution is -2.21. The number of nitrogens with one attached hydrogen (secondary N) is 2. The molecule has 2 aromatic rings. The summed E-state index contributed by atoms with van der Waals surface area (Å²) in [7, 11) is 1.51. The quantitative estimate of drug-likeness (QED) is 0.830. The average Bonchev–Trinajstić information content (AvgIpc) is 2.48. The fraction of sp³-hybridized carbons (Fsp3) is 0.167. The van der Waals surface area contributed by atoms with Gasteiger partial charge in [0.15, 0.2) is 10.8 Å². The van der Waals surface area contributed by atoms with Crippen molar-refractivity contribution in [2.45, 2.75) is 4.90 Å². The maximum Gasteiger partial charge on any atom is 0.273 e. The van der Waals surface area contributed by atoms with Crippen LogP contribution in [-0.4, -0.2) is 34.4 Å². The molecule has 0 unspecified atom stereocenters. The normalized spacial score (nSPS) is 10.3. The van der Waals surface area contributed by atoms with E-state index in [2.05, 4.69) is 25.8 Å². The van der Waals surface area contributed by atoms with Gasteiger partial charge in [0.05, 0.1) is 15.6 Å². The number of anilines is 2. The van der Waals surface area contributed by atoms with Gasteiger partial charge in [0.2, 0.25) is 0 Å². The van der Waals surface area contributed by atoms with E-state index in [1.807, 2.05) is 6.26 Å². The number of aromatic nitrogens is 3. The minimum Gasteiger partial charge on any atom is -0.354 e. The number of pyridine rings is 1. The first-order chi connectivity index (χ1) is 10.0. The van der Waals surface area contributed by atoms with Crippen LogP contribution in [0.15, 0.2) is 23.2 Å². The predicted molar refractivity (Wildman–Crippen MR) is 84.7 cm³/mol. The van der Waals surface area contributed by atoms with Crippen LogP contribution in [0.4, 0.5) is 11.5 Å². The molecule has 2 heterocycles. The van der Waals surface area contributed by atoms with Crippen LogP contribution in [0.3, 0.4) is 0 Å². The lowest BCUT2D eigenvalue weighted by atomic mass is 10.3. The number of hydrogen-bond acceptors (Lipinski definition) is 6. The minimum atomic E-state index is -0.374. The summed E-state index contributed by atoms with van der Waals surface area (Å²) in [6, 6.07) is 3.29. The highest BCUT2D eigenvalue weighted by Gasteiger charge is 2.15. The summed E-state index contributed by atoms with van der Waals surface area (Å²) < 4.78 is 0. The van der Waals surface area contributed by atoms with Crippen molar-refractivity contribution >= 4 is 52.4 Å². The van der Waals surface area contributed by atoms with Crippen LogP contribution in [0.2, 0.25) is 10.2 Å². The molecule has 21 heavy (non-hydrogen) atoms. The van der Waals surface area contributed by atoms with Gasteiger partial charge in [-0.1, -0.05) is 23.2 Å². The van der Waals surface area contributed by atoms with Crippen LogP contribution < -0.4 is 10.6 Å². The molecule has 0 bridgehead atoms. The van der Waals surface area contributed by atoms with Gasteiger partial charge < -0.3 is 10.6 Å². The van der Waals surface area contributed by atoms with Crippen LogP contribution in [0.25, 0.3) is 0 Å². The summed E-state index contributed by atoms with van der Waals surface area (Å²) in [5.74, 6) is 0.183. The number of nitrogens with zero attached hydrogens (tertiary/aromatic N) is 3. The van der Waals surface area contributed by atoms with Crippen LogP contribution in [-0.2, 0) is 0 Å². The second-order valence-corrected chi connectivity index (χ2v) is 5.51. The first-order valence-electron chi connectivity index (χ1n) is 5.77. The monoisotopic (exact) mass is 343 g/mol. The van der Waals surface area contributed by atoms with Gasteiger partial charge in [-0.3, -0.25) is 4.79 Å². The summed E-state index contributed by atoms with van der Waals surface area (Å²) in [6.07, 6.45) is 3.41. The lowest BCUT2D eigenvalue weighted by Gasteiger charge is -2.12. The predicted octanol–water partition coefficient (Wildman–Crippen LogP) is 3.00. The summed E-state index contributed by atoms with van der Waals surface area (Å²) in [5, 5.41) is 13.7. The van der Waals surface area contributed by atoms with Crippen LogP contribution in [0, 0.1) is 0 Å². The van der Waals surface area contributed by atoms with E-state index in [0.29, 0.717) is 16.5 Å². The van der Waals surface area contributed by atoms with Crippen molar-refractivity contribution in [2.75, 3.05) is 18.6 Å². The third kappa shape index (κ3) is 3.75. The third-order valence-electron chi connectivity index (χ3n) is 2.50. The zero-order valence-corrected chi connectivity index (χ0v) is 13.5. The molecule has 0 aliphatic heterocycles. The summed E-state index contributed by atoms with van der Waals surface area (Å²) in [4.78, 5) is 16.8. The topological polar surface area (TPSA) is 79.8 Å². The molecule has 0 radical (unpaired) electrons. The van der Waals surface area contributed by atoms with Crippen molar-refractivity contribution in [1.82, 2.24) is 20.5 Å². The number of carbonyl (C=O) groups excluding carboxylic acids is 1. The molecule has 2 rings (SSSR count). The fourth-order valence-corrected chi connectivity index (χ4v) is 2.46. The molecule has 0 aromatic carbocycles. The second kappa shape index (κ2) is 6.93. The number of halogens is 2. The molecule has 0 saturated carbocycles. The van der Waals surface area contributed by atoms with Crippen molar-refractivity contribution < 1.29 is 4.79 Å². The van der Waals surface area contributed by atoms with Crippen molar-refractivity contribution in [2.24, 2.45) is 0 Å². The Morgan fingerprint density at radius 1 is 1.29 bits per heavy atom. The van der Waals surface area contributed by atoms with Gasteiger partial charge >= 0.3 is 0 Å². The van der Waals surface area contributed by atoms with E-state index in [9.17, 15) is 4.79 Å². The second-order valence-electron chi connectivity index (χ2n) is 3.84. The largest absolute Gasteiger partial charge is 0.354 e. The Morgan fingerprint density at radius 2 is 2.05 bits per heavy atom. The Hall–Kier alpha value is -1.57. The van der Waals surface area contributed by atoms with E-state index in [4.69, 9.17) is 23.2 Å². The van der Waals surface area contributed by atoms with E-state index in [1.165, 1.54) is 31.1 Å². The van der Waals surface area contributed by atoms with Gasteiger partial charge in [-0.2, -0.15) is 0 Å². The maximum absolute atomic E-state index is 11.8. The van der Waals surface area contributed by atoms with E-state index in [1.54, 1.807) is 6.07 Å². The Bertz CT molecular complexity index is 683. The van der Waals surface area contributed by atoms with E-state index >= 15 is 0 Å². The number of hydrogen-bond donors (Lipinski definition) is 2. The Labute approximate surface area is 135 Å². The smallest absolute Gasteiger partial charge is 0.273 e. The van der Waals surface area contributed by atoms with Gasteiger partial charge in [0.1, 0.15) is 5.82 Å². The summed E-state index contributed by atoms with van der Waals surface area (Å²) >= 11 is 13.2. The highest BCUT2D eigenvalue weighted by atomic mass is 35.5. The Kier molecular flexibility index (Phi) is 5.22. The average molecular weight is 344 g/mol.